The van der Waals surface area contributed by atoms with Gasteiger partial charge < -0.3 is 74.4 Å². The summed E-state index contributed by atoms with van der Waals surface area (Å²) >= 11 is 0. The molecule has 460 valence electrons. The quantitative estimate of drug-likeness (QED) is 0.0277. The van der Waals surface area contributed by atoms with Gasteiger partial charge in [-0.25, -0.2) is 5.01 Å². The minimum absolute atomic E-state index is 0.0523. The van der Waals surface area contributed by atoms with Crippen LogP contribution in [0.1, 0.15) is 105 Å². The maximum Gasteiger partial charge on any atom is 0.243 e. The second-order valence-electron chi connectivity index (χ2n) is 18.3. The van der Waals surface area contributed by atoms with Gasteiger partial charge in [-0.2, -0.15) is 0 Å². The fourth-order valence-corrected chi connectivity index (χ4v) is 7.01. The maximum atomic E-state index is 12.4. The molecule has 1 atom stereocenters. The standard InChI is InChI=1S/C28H53N3O11.C27H44N6O3.C2H6/c1-5-7-29-28(34)27(24(2)3)31-26(33)23-30-25(32)6-8-36-11-12-38-15-16-40-19-20-42-22-21-41-18-17-39-14-13-37-10-9-35-4;1-5-7-9-16-30-25(34)12-13-27(36)31-22-10-11-24-21(18-22)19-23(20-32(4)28-3)33(24)17-14-26(35)29-15-8-6-2;1-2/h5,24,27H,1,6-23H2,2-4H3,(H,29,34)(H,30,32)(H,31,33);10-11,18-19,28H,5-9,12-17,20H2,1-4H3,(H,29,35)(H,30,34)(H,31,36);1-2H3. The van der Waals surface area contributed by atoms with Crippen molar-refractivity contribution in [2.45, 2.75) is 118 Å². The highest BCUT2D eigenvalue weighted by atomic mass is 16.6. The first-order chi connectivity index (χ1) is 38.8. The van der Waals surface area contributed by atoms with Crippen LogP contribution in [-0.4, -0.2) is 198 Å². The van der Waals surface area contributed by atoms with E-state index in [0.29, 0.717) is 137 Å². The van der Waals surface area contributed by atoms with Crippen LogP contribution in [0.2, 0.25) is 0 Å². The molecular formula is C57H103N9O14. The Bertz CT molecular complexity index is 1940. The van der Waals surface area contributed by atoms with Crippen molar-refractivity contribution in [3.63, 3.8) is 0 Å². The zero-order valence-electron chi connectivity index (χ0n) is 50.1. The Morgan fingerprint density at radius 2 is 1.11 bits per heavy atom. The summed E-state index contributed by atoms with van der Waals surface area (Å²) in [7, 11) is 5.47. The van der Waals surface area contributed by atoms with Crippen molar-refractivity contribution in [2.24, 2.45) is 5.92 Å². The lowest BCUT2D eigenvalue weighted by Crippen LogP contribution is -2.52. The number of aryl methyl sites for hydroxylation is 1. The number of hydrazine groups is 1. The molecule has 1 aromatic carbocycles. The third-order valence-corrected chi connectivity index (χ3v) is 11.4. The van der Waals surface area contributed by atoms with Crippen molar-refractivity contribution >= 4 is 52.0 Å². The fraction of sp³-hybridized carbons (Fsp3) is 0.719. The summed E-state index contributed by atoms with van der Waals surface area (Å²) in [5.74, 6) is -1.40. The van der Waals surface area contributed by atoms with Crippen LogP contribution in [-0.2, 0) is 79.8 Å². The van der Waals surface area contributed by atoms with Gasteiger partial charge >= 0.3 is 0 Å². The molecule has 0 spiro atoms. The molecule has 23 nitrogen and oxygen atoms in total. The van der Waals surface area contributed by atoms with Gasteiger partial charge in [0, 0.05) is 88.3 Å². The molecule has 0 aliphatic carbocycles. The monoisotopic (exact) mass is 1140 g/mol. The smallest absolute Gasteiger partial charge is 0.243 e. The van der Waals surface area contributed by atoms with Gasteiger partial charge in [-0.1, -0.05) is 66.9 Å². The van der Waals surface area contributed by atoms with E-state index in [1.54, 1.807) is 13.2 Å². The number of aromatic nitrogens is 1. The molecule has 23 heteroatoms. The van der Waals surface area contributed by atoms with E-state index < -0.39 is 11.9 Å². The number of nitrogens with one attached hydrogen (secondary N) is 7. The van der Waals surface area contributed by atoms with Gasteiger partial charge in [0.25, 0.3) is 0 Å². The topological polar surface area (TPSA) is 269 Å². The zero-order chi connectivity index (χ0) is 59.4. The molecule has 6 amide bonds. The lowest BCUT2D eigenvalue weighted by molar-refractivity contribution is -0.130. The molecule has 1 heterocycles. The summed E-state index contributed by atoms with van der Waals surface area (Å²) in [5, 5.41) is 19.5. The number of carbonyl (C=O) groups is 6. The van der Waals surface area contributed by atoms with Crippen LogP contribution in [0.5, 0.6) is 0 Å². The average Bonchev–Trinajstić information content (AvgIpc) is 3.79. The molecule has 7 N–H and O–H groups in total. The molecule has 0 saturated heterocycles. The maximum absolute atomic E-state index is 12.4. The number of fused-ring (bicyclic) bond motifs is 1. The number of methoxy groups -OCH3 is 1. The largest absolute Gasteiger partial charge is 0.382 e. The number of rotatable bonds is 48. The van der Waals surface area contributed by atoms with E-state index in [2.05, 4.69) is 68.4 Å². The molecule has 1 aromatic heterocycles. The number of ether oxygens (including phenoxy) is 8. The lowest BCUT2D eigenvalue weighted by atomic mass is 10.0. The summed E-state index contributed by atoms with van der Waals surface area (Å²) in [4.78, 5) is 72.8. The molecule has 2 rings (SSSR count). The van der Waals surface area contributed by atoms with Crippen molar-refractivity contribution in [3.05, 3.63) is 42.6 Å². The summed E-state index contributed by atoms with van der Waals surface area (Å²) in [5.41, 5.74) is 5.90. The average molecular weight is 1140 g/mol. The number of hydrogen-bond acceptors (Lipinski definition) is 16. The third kappa shape index (κ3) is 40.2. The Morgan fingerprint density at radius 1 is 0.613 bits per heavy atom. The molecule has 0 fully saturated rings. The number of benzene rings is 1. The van der Waals surface area contributed by atoms with Crippen LogP contribution in [0, 0.1) is 5.92 Å². The predicted molar refractivity (Wildman–Crippen MR) is 312 cm³/mol. The van der Waals surface area contributed by atoms with Crippen LogP contribution in [0.3, 0.4) is 0 Å². The van der Waals surface area contributed by atoms with Gasteiger partial charge in [-0.15, -0.1) is 6.58 Å². The fourth-order valence-electron chi connectivity index (χ4n) is 7.01. The van der Waals surface area contributed by atoms with Crippen LogP contribution in [0.4, 0.5) is 5.69 Å². The Morgan fingerprint density at radius 3 is 1.62 bits per heavy atom. The Balaban J connectivity index is 0.00000153. The van der Waals surface area contributed by atoms with E-state index in [1.165, 1.54) is 0 Å². The Labute approximate surface area is 477 Å². The minimum atomic E-state index is -0.693. The van der Waals surface area contributed by atoms with E-state index in [-0.39, 0.29) is 67.9 Å². The minimum Gasteiger partial charge on any atom is -0.382 e. The van der Waals surface area contributed by atoms with Crippen LogP contribution < -0.4 is 37.3 Å². The van der Waals surface area contributed by atoms with Crippen LogP contribution in [0.15, 0.2) is 36.9 Å². The van der Waals surface area contributed by atoms with Crippen molar-refractivity contribution < 1.29 is 66.7 Å². The van der Waals surface area contributed by atoms with Crippen molar-refractivity contribution in [1.29, 1.82) is 0 Å². The van der Waals surface area contributed by atoms with Crippen molar-refractivity contribution in [2.75, 3.05) is 152 Å². The van der Waals surface area contributed by atoms with E-state index in [9.17, 15) is 28.8 Å². The molecule has 0 aliphatic heterocycles. The van der Waals surface area contributed by atoms with Gasteiger partial charge in [0.15, 0.2) is 0 Å². The van der Waals surface area contributed by atoms with Crippen LogP contribution in [0.25, 0.3) is 10.9 Å². The van der Waals surface area contributed by atoms with Crippen molar-refractivity contribution in [1.82, 2.24) is 41.6 Å². The Kier molecular flexibility index (Phi) is 48.7. The second-order valence-corrected chi connectivity index (χ2v) is 18.3. The number of nitrogens with zero attached hydrogens (tertiary/aromatic N) is 2. The number of anilines is 1. The van der Waals surface area contributed by atoms with Gasteiger partial charge in [-0.3, -0.25) is 34.2 Å². The van der Waals surface area contributed by atoms with Gasteiger partial charge in [0.05, 0.1) is 112 Å². The summed E-state index contributed by atoms with van der Waals surface area (Å²) < 4.78 is 44.8. The Hall–Kier alpha value is -5.08. The van der Waals surface area contributed by atoms with Gasteiger partial charge in [0.2, 0.25) is 35.4 Å². The molecule has 1 unspecified atom stereocenters. The van der Waals surface area contributed by atoms with Crippen molar-refractivity contribution in [3.8, 4) is 0 Å². The third-order valence-electron chi connectivity index (χ3n) is 11.4. The number of unbranched alkanes of at least 4 members (excludes halogenated alkanes) is 3. The molecule has 2 aromatic rings. The SMILES string of the molecule is C=CCNC(=O)C(NC(=O)CNC(=O)CCOCCOCCOCCOCCOCCOCCOCCOC)C(C)C.CC.CCCCCNC(=O)CCC(=O)Nc1ccc2c(c1)cc(CN(C)NC)n2CCC(=O)NCCCC. The first-order valence-corrected chi connectivity index (χ1v) is 28.6. The normalized spacial score (nSPS) is 11.3. The lowest BCUT2D eigenvalue weighted by Gasteiger charge is -2.21. The number of carbonyl (C=O) groups excluding carboxylic acids is 6. The molecule has 0 aliphatic rings. The molecule has 0 saturated carbocycles. The van der Waals surface area contributed by atoms with Crippen LogP contribution >= 0.6 is 0 Å². The summed E-state index contributed by atoms with van der Waals surface area (Å²) in [6.07, 6.45) is 7.57. The highest BCUT2D eigenvalue weighted by molar-refractivity contribution is 5.96. The predicted octanol–water partition coefficient (Wildman–Crippen LogP) is 4.26. The molecule has 0 bridgehead atoms. The van der Waals surface area contributed by atoms with Gasteiger partial charge in [0.1, 0.15) is 6.04 Å². The zero-order valence-corrected chi connectivity index (χ0v) is 50.1. The van der Waals surface area contributed by atoms with Gasteiger partial charge in [-0.05, 0) is 50.1 Å². The first-order valence-electron chi connectivity index (χ1n) is 28.6. The van der Waals surface area contributed by atoms with E-state index >= 15 is 0 Å². The highest BCUT2D eigenvalue weighted by Crippen LogP contribution is 2.25. The highest BCUT2D eigenvalue weighted by Gasteiger charge is 2.24. The second kappa shape index (κ2) is 52.0. The van der Waals surface area contributed by atoms with E-state index in [1.807, 2.05) is 65.0 Å². The molecule has 80 heavy (non-hydrogen) atoms. The summed E-state index contributed by atoms with van der Waals surface area (Å²) in [6.45, 7) is 25.0. The first kappa shape index (κ1) is 74.9. The molecular weight excluding hydrogens is 1030 g/mol. The van der Waals surface area contributed by atoms with E-state index in [4.69, 9.17) is 37.9 Å². The number of amides is 6. The molecule has 0 radical (unpaired) electrons. The summed E-state index contributed by atoms with van der Waals surface area (Å²) in [6, 6.07) is 7.19. The van der Waals surface area contributed by atoms with E-state index in [0.717, 1.165) is 48.7 Å². The number of hydrogen-bond donors (Lipinski definition) is 7.